The molecule has 2 aromatic rings. The van der Waals surface area contributed by atoms with Gasteiger partial charge in [-0.3, -0.25) is 4.99 Å². The average molecular weight is 546 g/mol. The first kappa shape index (κ1) is 25.1. The second-order valence-corrected chi connectivity index (χ2v) is 6.96. The van der Waals surface area contributed by atoms with Crippen LogP contribution in [0.2, 0.25) is 0 Å². The Kier molecular flexibility index (Phi) is 10.3. The lowest BCUT2D eigenvalue weighted by Gasteiger charge is -2.37. The molecule has 0 saturated carbocycles. The summed E-state index contributed by atoms with van der Waals surface area (Å²) >= 11 is 0. The van der Waals surface area contributed by atoms with E-state index in [9.17, 15) is 8.78 Å². The van der Waals surface area contributed by atoms with E-state index in [4.69, 9.17) is 9.47 Å². The number of ether oxygens (including phenoxy) is 2. The summed E-state index contributed by atoms with van der Waals surface area (Å²) < 4.78 is 38.1. The third-order valence-electron chi connectivity index (χ3n) is 4.97. The van der Waals surface area contributed by atoms with Crippen molar-refractivity contribution < 1.29 is 18.3 Å². The topological polar surface area (TPSA) is 49.3 Å². The van der Waals surface area contributed by atoms with Crippen LogP contribution < -0.4 is 15.0 Å². The number of nitrogens with zero attached hydrogens (tertiary/aromatic N) is 3. The molecule has 3 rings (SSSR count). The predicted octanol–water partition coefficient (Wildman–Crippen LogP) is 3.51. The van der Waals surface area contributed by atoms with Crippen LogP contribution in [0.25, 0.3) is 0 Å². The van der Waals surface area contributed by atoms with E-state index in [-0.39, 0.29) is 24.0 Å². The Hall–Kier alpha value is -2.14. The van der Waals surface area contributed by atoms with E-state index in [0.29, 0.717) is 51.6 Å². The number of methoxy groups -OCH3 is 1. The molecule has 1 heterocycles. The number of halogens is 3. The second kappa shape index (κ2) is 12.7. The first-order chi connectivity index (χ1) is 14.6. The van der Waals surface area contributed by atoms with Crippen molar-refractivity contribution >= 4 is 35.6 Å². The molecular weight excluding hydrogens is 517 g/mol. The SMILES string of the molecule is CN=C(NCc1ccc(OCCOC)cc1)N1CCN(c2cc(F)ccc2F)CC1.I. The third kappa shape index (κ3) is 7.20. The van der Waals surface area contributed by atoms with Crippen molar-refractivity contribution in [2.45, 2.75) is 6.54 Å². The number of nitrogens with one attached hydrogen (secondary N) is 1. The maximum absolute atomic E-state index is 14.0. The highest BCUT2D eigenvalue weighted by molar-refractivity contribution is 14.0. The molecule has 0 unspecified atom stereocenters. The minimum atomic E-state index is -0.429. The molecule has 0 aliphatic carbocycles. The largest absolute Gasteiger partial charge is 0.491 e. The molecule has 170 valence electrons. The van der Waals surface area contributed by atoms with Crippen LogP contribution in [0.1, 0.15) is 5.56 Å². The Bertz CT molecular complexity index is 844. The first-order valence-electron chi connectivity index (χ1n) is 9.97. The first-order valence-corrected chi connectivity index (χ1v) is 9.97. The van der Waals surface area contributed by atoms with E-state index in [0.717, 1.165) is 23.3 Å². The van der Waals surface area contributed by atoms with Gasteiger partial charge in [0.2, 0.25) is 0 Å². The van der Waals surface area contributed by atoms with Gasteiger partial charge in [0.15, 0.2) is 5.96 Å². The normalized spacial score (nSPS) is 14.3. The van der Waals surface area contributed by atoms with E-state index in [1.165, 1.54) is 12.1 Å². The zero-order valence-corrected chi connectivity index (χ0v) is 20.1. The van der Waals surface area contributed by atoms with E-state index >= 15 is 0 Å². The molecule has 0 aromatic heterocycles. The fourth-order valence-corrected chi connectivity index (χ4v) is 3.35. The van der Waals surface area contributed by atoms with Crippen molar-refractivity contribution in [3.63, 3.8) is 0 Å². The minimum absolute atomic E-state index is 0. The number of anilines is 1. The molecule has 0 radical (unpaired) electrons. The Balaban J connectivity index is 0.00000341. The number of guanidine groups is 1. The highest BCUT2D eigenvalue weighted by atomic mass is 127. The van der Waals surface area contributed by atoms with Crippen LogP contribution in [0.5, 0.6) is 5.75 Å². The molecule has 0 spiro atoms. The maximum atomic E-state index is 14.0. The monoisotopic (exact) mass is 546 g/mol. The highest BCUT2D eigenvalue weighted by Gasteiger charge is 2.22. The van der Waals surface area contributed by atoms with Crippen LogP contribution in [-0.4, -0.2) is 64.4 Å². The number of hydrogen-bond acceptors (Lipinski definition) is 4. The summed E-state index contributed by atoms with van der Waals surface area (Å²) in [5.41, 5.74) is 1.42. The lowest BCUT2D eigenvalue weighted by molar-refractivity contribution is 0.146. The number of hydrogen-bond donors (Lipinski definition) is 1. The molecule has 0 bridgehead atoms. The van der Waals surface area contributed by atoms with Gasteiger partial charge in [0.25, 0.3) is 0 Å². The lowest BCUT2D eigenvalue weighted by Crippen LogP contribution is -2.52. The molecule has 6 nitrogen and oxygen atoms in total. The smallest absolute Gasteiger partial charge is 0.194 e. The lowest BCUT2D eigenvalue weighted by atomic mass is 10.2. The van der Waals surface area contributed by atoms with Gasteiger partial charge >= 0.3 is 0 Å². The van der Waals surface area contributed by atoms with Crippen molar-refractivity contribution in [3.05, 3.63) is 59.7 Å². The zero-order valence-electron chi connectivity index (χ0n) is 17.8. The molecule has 1 N–H and O–H groups in total. The minimum Gasteiger partial charge on any atom is -0.491 e. The van der Waals surface area contributed by atoms with Crippen molar-refractivity contribution in [2.75, 3.05) is 58.5 Å². The van der Waals surface area contributed by atoms with Crippen molar-refractivity contribution in [2.24, 2.45) is 4.99 Å². The molecule has 0 amide bonds. The van der Waals surface area contributed by atoms with E-state index in [1.807, 2.05) is 29.2 Å². The van der Waals surface area contributed by atoms with E-state index < -0.39 is 11.6 Å². The quantitative estimate of drug-likeness (QED) is 0.250. The van der Waals surface area contributed by atoms with Crippen LogP contribution in [-0.2, 0) is 11.3 Å². The number of piperazine rings is 1. The molecule has 1 saturated heterocycles. The predicted molar refractivity (Wildman–Crippen MR) is 130 cm³/mol. The summed E-state index contributed by atoms with van der Waals surface area (Å²) in [6.45, 7) is 4.22. The fourth-order valence-electron chi connectivity index (χ4n) is 3.35. The summed E-state index contributed by atoms with van der Waals surface area (Å²) in [6, 6.07) is 11.4. The van der Waals surface area contributed by atoms with Crippen molar-refractivity contribution in [1.82, 2.24) is 10.2 Å². The van der Waals surface area contributed by atoms with Gasteiger partial charge in [0.05, 0.1) is 12.3 Å². The van der Waals surface area contributed by atoms with Gasteiger partial charge in [-0.15, -0.1) is 24.0 Å². The number of aliphatic imine (C=N–C) groups is 1. The van der Waals surface area contributed by atoms with Gasteiger partial charge in [0.1, 0.15) is 24.0 Å². The van der Waals surface area contributed by atoms with Gasteiger partial charge in [-0.1, -0.05) is 12.1 Å². The third-order valence-corrected chi connectivity index (χ3v) is 4.97. The Morgan fingerprint density at radius 1 is 1.03 bits per heavy atom. The van der Waals surface area contributed by atoms with Gasteiger partial charge in [-0.25, -0.2) is 8.78 Å². The Labute approximate surface area is 199 Å². The summed E-state index contributed by atoms with van der Waals surface area (Å²) in [4.78, 5) is 8.35. The van der Waals surface area contributed by atoms with Crippen molar-refractivity contribution in [1.29, 1.82) is 0 Å². The summed E-state index contributed by atoms with van der Waals surface area (Å²) in [7, 11) is 3.39. The summed E-state index contributed by atoms with van der Waals surface area (Å²) in [5, 5.41) is 3.36. The maximum Gasteiger partial charge on any atom is 0.194 e. The van der Waals surface area contributed by atoms with E-state index in [1.54, 1.807) is 14.2 Å². The molecule has 0 atom stereocenters. The van der Waals surface area contributed by atoms with E-state index in [2.05, 4.69) is 15.2 Å². The molecule has 2 aromatic carbocycles. The van der Waals surface area contributed by atoms with Crippen LogP contribution in [0, 0.1) is 11.6 Å². The van der Waals surface area contributed by atoms with Gasteiger partial charge in [-0.2, -0.15) is 0 Å². The number of benzene rings is 2. The zero-order chi connectivity index (χ0) is 21.3. The average Bonchev–Trinajstić information content (AvgIpc) is 2.77. The van der Waals surface area contributed by atoms with Crippen LogP contribution in [0.3, 0.4) is 0 Å². The van der Waals surface area contributed by atoms with Crippen molar-refractivity contribution in [3.8, 4) is 5.75 Å². The molecule has 1 aliphatic rings. The van der Waals surface area contributed by atoms with Crippen LogP contribution in [0.15, 0.2) is 47.5 Å². The second-order valence-electron chi connectivity index (χ2n) is 6.96. The fraction of sp³-hybridized carbons (Fsp3) is 0.409. The molecule has 1 fully saturated rings. The molecule has 1 aliphatic heterocycles. The summed E-state index contributed by atoms with van der Waals surface area (Å²) in [5.74, 6) is 0.763. The van der Waals surface area contributed by atoms with Gasteiger partial charge < -0.3 is 24.6 Å². The standard InChI is InChI=1S/C22H28F2N4O2.HI/c1-25-22(26-16-17-3-6-19(7-4-17)30-14-13-29-2)28-11-9-27(10-12-28)21-15-18(23)5-8-20(21)24;/h3-8,15H,9-14,16H2,1-2H3,(H,25,26);1H. The number of rotatable bonds is 7. The molecular formula is C22H29F2IN4O2. The Morgan fingerprint density at radius 2 is 1.74 bits per heavy atom. The molecule has 31 heavy (non-hydrogen) atoms. The van der Waals surface area contributed by atoms with Gasteiger partial charge in [0, 0.05) is 52.9 Å². The summed E-state index contributed by atoms with van der Waals surface area (Å²) in [6.07, 6.45) is 0. The Morgan fingerprint density at radius 3 is 2.39 bits per heavy atom. The van der Waals surface area contributed by atoms with Crippen LogP contribution in [0.4, 0.5) is 14.5 Å². The van der Waals surface area contributed by atoms with Gasteiger partial charge in [-0.05, 0) is 29.8 Å². The highest BCUT2D eigenvalue weighted by Crippen LogP contribution is 2.22. The molecule has 9 heteroatoms. The van der Waals surface area contributed by atoms with Crippen LogP contribution >= 0.6 is 24.0 Å².